The molecule has 1 aliphatic rings. The summed E-state index contributed by atoms with van der Waals surface area (Å²) in [5.74, 6) is 0.691. The van der Waals surface area contributed by atoms with Gasteiger partial charge in [-0.25, -0.2) is 8.42 Å². The maximum atomic E-state index is 12.6. The fraction of sp³-hybridized carbons (Fsp3) is 0.714. The monoisotopic (exact) mass is 316 g/mol. The molecule has 0 spiro atoms. The predicted octanol–water partition coefficient (Wildman–Crippen LogP) is 2.72. The molecule has 0 aromatic carbocycles. The number of thiophene rings is 1. The van der Waals surface area contributed by atoms with Crippen molar-refractivity contribution in [3.8, 4) is 0 Å². The second kappa shape index (κ2) is 6.56. The second-order valence-electron chi connectivity index (χ2n) is 5.51. The molecule has 0 atom stereocenters. The summed E-state index contributed by atoms with van der Waals surface area (Å²) in [5, 5.41) is 0. The summed E-state index contributed by atoms with van der Waals surface area (Å²) in [6.45, 7) is 5.82. The van der Waals surface area contributed by atoms with E-state index >= 15 is 0 Å². The van der Waals surface area contributed by atoms with E-state index in [2.05, 4.69) is 6.92 Å². The van der Waals surface area contributed by atoms with Gasteiger partial charge in [-0.15, -0.1) is 11.3 Å². The zero-order valence-electron chi connectivity index (χ0n) is 12.3. The van der Waals surface area contributed by atoms with E-state index in [4.69, 9.17) is 5.73 Å². The molecule has 1 aromatic rings. The van der Waals surface area contributed by atoms with Crippen LogP contribution >= 0.6 is 11.3 Å². The van der Waals surface area contributed by atoms with Crippen LogP contribution in [0.25, 0.3) is 0 Å². The highest BCUT2D eigenvalue weighted by atomic mass is 32.2. The molecule has 20 heavy (non-hydrogen) atoms. The van der Waals surface area contributed by atoms with Crippen molar-refractivity contribution in [3.05, 3.63) is 16.5 Å². The van der Waals surface area contributed by atoms with E-state index in [1.807, 2.05) is 6.92 Å². The molecule has 2 rings (SSSR count). The number of hydrogen-bond donors (Lipinski definition) is 1. The highest BCUT2D eigenvalue weighted by Gasteiger charge is 2.30. The molecule has 1 aromatic heterocycles. The minimum Gasteiger partial charge on any atom is -0.326 e. The van der Waals surface area contributed by atoms with Crippen LogP contribution in [0, 0.1) is 12.8 Å². The molecule has 1 saturated heterocycles. The lowest BCUT2D eigenvalue weighted by Crippen LogP contribution is -2.38. The zero-order chi connectivity index (χ0) is 14.8. The summed E-state index contributed by atoms with van der Waals surface area (Å²) in [4.78, 5) is 0.962. The molecule has 1 aliphatic heterocycles. The van der Waals surface area contributed by atoms with Crippen molar-refractivity contribution < 1.29 is 8.42 Å². The molecule has 2 N–H and O–H groups in total. The minimum atomic E-state index is -3.32. The molecule has 0 bridgehead atoms. The molecule has 0 saturated carbocycles. The molecule has 1 fully saturated rings. The molecule has 0 radical (unpaired) electrons. The molecule has 4 nitrogen and oxygen atoms in total. The number of aryl methyl sites for hydroxylation is 1. The molecule has 0 aliphatic carbocycles. The van der Waals surface area contributed by atoms with Gasteiger partial charge in [-0.05, 0) is 37.3 Å². The number of rotatable bonds is 5. The first kappa shape index (κ1) is 15.9. The predicted molar refractivity (Wildman–Crippen MR) is 83.3 cm³/mol. The lowest BCUT2D eigenvalue weighted by Gasteiger charge is -2.30. The number of nitrogens with two attached hydrogens (primary N) is 1. The van der Waals surface area contributed by atoms with Crippen LogP contribution in [0.1, 0.15) is 43.0 Å². The van der Waals surface area contributed by atoms with Crippen molar-refractivity contribution in [2.45, 2.75) is 50.3 Å². The topological polar surface area (TPSA) is 63.4 Å². The van der Waals surface area contributed by atoms with Gasteiger partial charge in [0.2, 0.25) is 0 Å². The summed E-state index contributed by atoms with van der Waals surface area (Å²) >= 11 is 1.32. The van der Waals surface area contributed by atoms with Crippen LogP contribution < -0.4 is 5.73 Å². The molecule has 2 heterocycles. The van der Waals surface area contributed by atoms with Crippen LogP contribution in [-0.4, -0.2) is 25.8 Å². The molecular weight excluding hydrogens is 292 g/mol. The van der Waals surface area contributed by atoms with Gasteiger partial charge in [-0.1, -0.05) is 19.8 Å². The van der Waals surface area contributed by atoms with E-state index < -0.39 is 10.0 Å². The Morgan fingerprint density at radius 3 is 2.55 bits per heavy atom. The largest absolute Gasteiger partial charge is 0.326 e. The van der Waals surface area contributed by atoms with Crippen LogP contribution in [0.15, 0.2) is 10.3 Å². The fourth-order valence-corrected chi connectivity index (χ4v) is 5.88. The quantitative estimate of drug-likeness (QED) is 0.908. The van der Waals surface area contributed by atoms with Crippen molar-refractivity contribution in [2.75, 3.05) is 13.1 Å². The molecule has 0 unspecified atom stereocenters. The summed E-state index contributed by atoms with van der Waals surface area (Å²) in [6.07, 6.45) is 4.37. The van der Waals surface area contributed by atoms with Gasteiger partial charge in [0.05, 0.1) is 0 Å². The van der Waals surface area contributed by atoms with Crippen molar-refractivity contribution in [1.82, 2.24) is 4.31 Å². The van der Waals surface area contributed by atoms with Gasteiger partial charge in [0.25, 0.3) is 10.0 Å². The fourth-order valence-electron chi connectivity index (χ4n) is 2.79. The van der Waals surface area contributed by atoms with Gasteiger partial charge in [0, 0.05) is 24.5 Å². The standard InChI is InChI=1S/C14H24N2O2S2/c1-3-4-12-5-7-16(8-6-12)20(17,18)14-9-11(2)13(10-15)19-14/h9,12H,3-8,10,15H2,1-2H3. The third-order valence-corrected chi connectivity index (χ3v) is 7.66. The van der Waals surface area contributed by atoms with Gasteiger partial charge in [-0.2, -0.15) is 4.31 Å². The van der Waals surface area contributed by atoms with Crippen molar-refractivity contribution in [1.29, 1.82) is 0 Å². The first-order valence-corrected chi connectivity index (χ1v) is 9.54. The van der Waals surface area contributed by atoms with Gasteiger partial charge in [0.15, 0.2) is 0 Å². The van der Waals surface area contributed by atoms with E-state index in [1.165, 1.54) is 24.2 Å². The Morgan fingerprint density at radius 1 is 1.40 bits per heavy atom. The Labute approximate surface area is 126 Å². The van der Waals surface area contributed by atoms with E-state index in [9.17, 15) is 8.42 Å². The second-order valence-corrected chi connectivity index (χ2v) is 8.81. The average Bonchev–Trinajstić information content (AvgIpc) is 2.82. The Bertz CT molecular complexity index is 544. The van der Waals surface area contributed by atoms with Crippen LogP contribution in [0.3, 0.4) is 0 Å². The highest BCUT2D eigenvalue weighted by Crippen LogP contribution is 2.31. The van der Waals surface area contributed by atoms with Crippen molar-refractivity contribution in [3.63, 3.8) is 0 Å². The van der Waals surface area contributed by atoms with E-state index in [1.54, 1.807) is 10.4 Å². The zero-order valence-corrected chi connectivity index (χ0v) is 13.9. The number of piperidine rings is 1. The third kappa shape index (κ3) is 3.24. The first-order chi connectivity index (χ1) is 9.48. The average molecular weight is 316 g/mol. The Balaban J connectivity index is 2.11. The summed E-state index contributed by atoms with van der Waals surface area (Å²) < 4.78 is 27.3. The Hall–Kier alpha value is -0.430. The van der Waals surface area contributed by atoms with E-state index in [0.717, 1.165) is 23.3 Å². The van der Waals surface area contributed by atoms with Crippen LogP contribution in [0.5, 0.6) is 0 Å². The Kier molecular flexibility index (Phi) is 5.23. The van der Waals surface area contributed by atoms with E-state index in [0.29, 0.717) is 29.8 Å². The lowest BCUT2D eigenvalue weighted by atomic mass is 9.94. The van der Waals surface area contributed by atoms with Crippen LogP contribution in [0.2, 0.25) is 0 Å². The summed E-state index contributed by atoms with van der Waals surface area (Å²) in [6, 6.07) is 1.76. The number of nitrogens with zero attached hydrogens (tertiary/aromatic N) is 1. The smallest absolute Gasteiger partial charge is 0.252 e. The number of hydrogen-bond acceptors (Lipinski definition) is 4. The molecule has 114 valence electrons. The van der Waals surface area contributed by atoms with Gasteiger partial charge in [-0.3, -0.25) is 0 Å². The van der Waals surface area contributed by atoms with Crippen molar-refractivity contribution in [2.24, 2.45) is 11.7 Å². The summed E-state index contributed by atoms with van der Waals surface area (Å²) in [7, 11) is -3.32. The normalized spacial score (nSPS) is 18.6. The maximum Gasteiger partial charge on any atom is 0.252 e. The van der Waals surface area contributed by atoms with Gasteiger partial charge >= 0.3 is 0 Å². The molecule has 0 amide bonds. The molecule has 6 heteroatoms. The lowest BCUT2D eigenvalue weighted by molar-refractivity contribution is 0.263. The molecular formula is C14H24N2O2S2. The summed E-state index contributed by atoms with van der Waals surface area (Å²) in [5.41, 5.74) is 6.62. The van der Waals surface area contributed by atoms with Crippen molar-refractivity contribution >= 4 is 21.4 Å². The van der Waals surface area contributed by atoms with Crippen LogP contribution in [0.4, 0.5) is 0 Å². The highest BCUT2D eigenvalue weighted by molar-refractivity contribution is 7.91. The third-order valence-electron chi connectivity index (χ3n) is 4.05. The minimum absolute atomic E-state index is 0.407. The van der Waals surface area contributed by atoms with Gasteiger partial charge in [0.1, 0.15) is 4.21 Å². The maximum absolute atomic E-state index is 12.6. The van der Waals surface area contributed by atoms with Gasteiger partial charge < -0.3 is 5.73 Å². The van der Waals surface area contributed by atoms with Crippen LogP contribution in [-0.2, 0) is 16.6 Å². The Morgan fingerprint density at radius 2 is 2.05 bits per heavy atom. The number of sulfonamides is 1. The van der Waals surface area contributed by atoms with E-state index in [-0.39, 0.29) is 0 Å². The first-order valence-electron chi connectivity index (χ1n) is 7.28. The SMILES string of the molecule is CCCC1CCN(S(=O)(=O)c2cc(C)c(CN)s2)CC1.